The summed E-state index contributed by atoms with van der Waals surface area (Å²) in [6.07, 6.45) is 1.50. The van der Waals surface area contributed by atoms with Crippen LogP contribution in [0.3, 0.4) is 0 Å². The summed E-state index contributed by atoms with van der Waals surface area (Å²) in [7, 11) is 0. The molecule has 3 aromatic rings. The van der Waals surface area contributed by atoms with E-state index >= 15 is 0 Å². The van der Waals surface area contributed by atoms with Crippen LogP contribution in [0, 0.1) is 20.8 Å². The second-order valence-corrected chi connectivity index (χ2v) is 7.81. The molecule has 0 radical (unpaired) electrons. The van der Waals surface area contributed by atoms with Crippen LogP contribution in [-0.4, -0.2) is 28.0 Å². The van der Waals surface area contributed by atoms with E-state index in [1.54, 1.807) is 13.8 Å². The molecule has 2 aromatic heterocycles. The SMILES string of the molecule is CCOC(=O)CCn1cnc2sc(C(=O)Nc3ccc(C)cc3C)c(C)c2c1=O. The maximum atomic E-state index is 12.9. The second-order valence-electron chi connectivity index (χ2n) is 6.81. The molecule has 0 unspecified atom stereocenters. The van der Waals surface area contributed by atoms with Crippen LogP contribution in [0.1, 0.15) is 39.7 Å². The fraction of sp³-hybridized carbons (Fsp3) is 0.333. The van der Waals surface area contributed by atoms with Crippen molar-refractivity contribution in [2.45, 2.75) is 40.7 Å². The average molecular weight is 413 g/mol. The van der Waals surface area contributed by atoms with Crippen molar-refractivity contribution in [1.29, 1.82) is 0 Å². The highest BCUT2D eigenvalue weighted by atomic mass is 32.1. The molecule has 0 fully saturated rings. The third-order valence-electron chi connectivity index (χ3n) is 4.62. The van der Waals surface area contributed by atoms with Crippen molar-refractivity contribution in [3.05, 3.63) is 56.4 Å². The van der Waals surface area contributed by atoms with Gasteiger partial charge in [-0.2, -0.15) is 0 Å². The van der Waals surface area contributed by atoms with Crippen molar-refractivity contribution in [2.75, 3.05) is 11.9 Å². The summed E-state index contributed by atoms with van der Waals surface area (Å²) in [6.45, 7) is 7.89. The second kappa shape index (κ2) is 8.57. The molecule has 0 atom stereocenters. The monoisotopic (exact) mass is 413 g/mol. The Morgan fingerprint density at radius 3 is 2.69 bits per heavy atom. The zero-order valence-corrected chi connectivity index (χ0v) is 17.7. The normalized spacial score (nSPS) is 10.9. The zero-order valence-electron chi connectivity index (χ0n) is 16.9. The highest BCUT2D eigenvalue weighted by molar-refractivity contribution is 7.20. The molecule has 1 aromatic carbocycles. The van der Waals surface area contributed by atoms with Gasteiger partial charge in [0.05, 0.1) is 29.6 Å². The lowest BCUT2D eigenvalue weighted by Crippen LogP contribution is -2.22. The number of aryl methyl sites for hydroxylation is 4. The van der Waals surface area contributed by atoms with E-state index in [2.05, 4.69) is 10.3 Å². The third kappa shape index (κ3) is 4.37. The number of rotatable bonds is 6. The number of thiophene rings is 1. The molecule has 7 nitrogen and oxygen atoms in total. The molecule has 0 saturated carbocycles. The van der Waals surface area contributed by atoms with Crippen LogP contribution in [0.4, 0.5) is 5.69 Å². The topological polar surface area (TPSA) is 90.3 Å². The smallest absolute Gasteiger partial charge is 0.307 e. The average Bonchev–Trinajstić information content (AvgIpc) is 3.01. The molecule has 0 saturated heterocycles. The van der Waals surface area contributed by atoms with Gasteiger partial charge in [-0.15, -0.1) is 11.3 Å². The number of nitrogens with one attached hydrogen (secondary N) is 1. The minimum atomic E-state index is -0.366. The van der Waals surface area contributed by atoms with Gasteiger partial charge in [-0.3, -0.25) is 19.0 Å². The minimum absolute atomic E-state index is 0.0875. The molecular weight excluding hydrogens is 390 g/mol. The Balaban J connectivity index is 1.89. The van der Waals surface area contributed by atoms with Crippen LogP contribution in [0.2, 0.25) is 0 Å². The third-order valence-corrected chi connectivity index (χ3v) is 5.81. The van der Waals surface area contributed by atoms with Crippen molar-refractivity contribution < 1.29 is 14.3 Å². The summed E-state index contributed by atoms with van der Waals surface area (Å²) >= 11 is 1.19. The van der Waals surface area contributed by atoms with Gasteiger partial charge in [0.2, 0.25) is 0 Å². The van der Waals surface area contributed by atoms with Gasteiger partial charge in [-0.25, -0.2) is 4.98 Å². The Bertz CT molecular complexity index is 1150. The lowest BCUT2D eigenvalue weighted by atomic mass is 10.1. The number of ether oxygens (including phenoxy) is 1. The Morgan fingerprint density at radius 2 is 2.00 bits per heavy atom. The van der Waals surface area contributed by atoms with Gasteiger partial charge < -0.3 is 10.1 Å². The number of amides is 1. The molecule has 152 valence electrons. The first-order chi connectivity index (χ1) is 13.8. The van der Waals surface area contributed by atoms with Gasteiger partial charge in [0.1, 0.15) is 4.83 Å². The first kappa shape index (κ1) is 20.7. The van der Waals surface area contributed by atoms with Crippen LogP contribution in [0.25, 0.3) is 10.2 Å². The van der Waals surface area contributed by atoms with Crippen molar-refractivity contribution >= 4 is 39.1 Å². The summed E-state index contributed by atoms with van der Waals surface area (Å²) in [5.74, 6) is -0.634. The number of aromatic nitrogens is 2. The number of anilines is 1. The van der Waals surface area contributed by atoms with Gasteiger partial charge in [0, 0.05) is 12.2 Å². The number of carbonyl (C=O) groups excluding carboxylic acids is 2. The van der Waals surface area contributed by atoms with E-state index in [0.717, 1.165) is 16.8 Å². The highest BCUT2D eigenvalue weighted by Gasteiger charge is 2.20. The summed E-state index contributed by atoms with van der Waals surface area (Å²) in [4.78, 5) is 42.5. The number of fused-ring (bicyclic) bond motifs is 1. The van der Waals surface area contributed by atoms with Crippen molar-refractivity contribution in [2.24, 2.45) is 0 Å². The summed E-state index contributed by atoms with van der Waals surface area (Å²) < 4.78 is 6.28. The lowest BCUT2D eigenvalue weighted by Gasteiger charge is -2.08. The number of carbonyl (C=O) groups is 2. The van der Waals surface area contributed by atoms with E-state index in [1.165, 1.54) is 22.2 Å². The number of hydrogen-bond acceptors (Lipinski definition) is 6. The Morgan fingerprint density at radius 1 is 1.24 bits per heavy atom. The Hall–Kier alpha value is -3.00. The first-order valence-electron chi connectivity index (χ1n) is 9.34. The quantitative estimate of drug-likeness (QED) is 0.624. The van der Waals surface area contributed by atoms with Crippen molar-refractivity contribution in [1.82, 2.24) is 9.55 Å². The molecule has 0 aliphatic rings. The van der Waals surface area contributed by atoms with Crippen LogP contribution in [0.5, 0.6) is 0 Å². The van der Waals surface area contributed by atoms with Crippen LogP contribution in [-0.2, 0) is 16.1 Å². The van der Waals surface area contributed by atoms with Crippen LogP contribution in [0.15, 0.2) is 29.3 Å². The maximum absolute atomic E-state index is 12.9. The highest BCUT2D eigenvalue weighted by Crippen LogP contribution is 2.28. The molecule has 1 amide bonds. The summed E-state index contributed by atoms with van der Waals surface area (Å²) in [6, 6.07) is 5.80. The number of esters is 1. The molecule has 0 aliphatic heterocycles. The molecule has 0 spiro atoms. The summed E-state index contributed by atoms with van der Waals surface area (Å²) in [5, 5.41) is 3.33. The van der Waals surface area contributed by atoms with Gasteiger partial charge in [-0.05, 0) is 44.9 Å². The molecule has 8 heteroatoms. The van der Waals surface area contributed by atoms with Crippen LogP contribution >= 0.6 is 11.3 Å². The van der Waals surface area contributed by atoms with E-state index in [1.807, 2.05) is 32.0 Å². The fourth-order valence-corrected chi connectivity index (χ4v) is 4.15. The van der Waals surface area contributed by atoms with Crippen LogP contribution < -0.4 is 10.9 Å². The minimum Gasteiger partial charge on any atom is -0.466 e. The maximum Gasteiger partial charge on any atom is 0.307 e. The van der Waals surface area contributed by atoms with E-state index in [9.17, 15) is 14.4 Å². The Kier molecular flexibility index (Phi) is 6.12. The van der Waals surface area contributed by atoms with Gasteiger partial charge in [0.25, 0.3) is 11.5 Å². The van der Waals surface area contributed by atoms with Gasteiger partial charge >= 0.3 is 5.97 Å². The van der Waals surface area contributed by atoms with Gasteiger partial charge in [-0.1, -0.05) is 17.7 Å². The largest absolute Gasteiger partial charge is 0.466 e. The zero-order chi connectivity index (χ0) is 21.1. The molecule has 3 rings (SSSR count). The molecule has 0 aliphatic carbocycles. The molecule has 1 N–H and O–H groups in total. The van der Waals surface area contributed by atoms with Crippen molar-refractivity contribution in [3.63, 3.8) is 0 Å². The predicted octanol–water partition coefficient (Wildman–Crippen LogP) is 3.59. The number of hydrogen-bond donors (Lipinski definition) is 1. The standard InChI is InChI=1S/C21H23N3O4S/c1-5-28-16(25)8-9-24-11-22-20-17(21(24)27)14(4)18(29-20)19(26)23-15-7-6-12(2)10-13(15)3/h6-7,10-11H,5,8-9H2,1-4H3,(H,23,26). The molecule has 0 bridgehead atoms. The van der Waals surface area contributed by atoms with Gasteiger partial charge in [0.15, 0.2) is 0 Å². The fourth-order valence-electron chi connectivity index (χ4n) is 3.11. The Labute approximate surface area is 172 Å². The van der Waals surface area contributed by atoms with E-state index in [0.29, 0.717) is 27.3 Å². The van der Waals surface area contributed by atoms with E-state index in [4.69, 9.17) is 4.74 Å². The lowest BCUT2D eigenvalue weighted by molar-refractivity contribution is -0.143. The van der Waals surface area contributed by atoms with E-state index < -0.39 is 0 Å². The number of benzene rings is 1. The van der Waals surface area contributed by atoms with E-state index in [-0.39, 0.29) is 30.4 Å². The molecular formula is C21H23N3O4S. The molecule has 29 heavy (non-hydrogen) atoms. The predicted molar refractivity (Wildman–Crippen MR) is 114 cm³/mol. The summed E-state index contributed by atoms with van der Waals surface area (Å²) in [5.41, 5.74) is 3.15. The first-order valence-corrected chi connectivity index (χ1v) is 10.2. The molecule has 2 heterocycles. The number of nitrogens with zero attached hydrogens (tertiary/aromatic N) is 2. The van der Waals surface area contributed by atoms with Crippen molar-refractivity contribution in [3.8, 4) is 0 Å².